The molecular formula is C11H15NO. The maximum atomic E-state index is 10.0. The minimum absolute atomic E-state index is 0.442. The third-order valence-electron chi connectivity index (χ3n) is 2.71. The predicted octanol–water partition coefficient (Wildman–Crippen LogP) is 1.79. The summed E-state index contributed by atoms with van der Waals surface area (Å²) in [5.74, 6) is 0.682. The zero-order valence-corrected chi connectivity index (χ0v) is 7.90. The van der Waals surface area contributed by atoms with E-state index in [2.05, 4.69) is 11.9 Å². The van der Waals surface area contributed by atoms with E-state index in [0.717, 1.165) is 24.8 Å². The number of hydrogen-bond donors (Lipinski definition) is 1. The highest BCUT2D eigenvalue weighted by Gasteiger charge is 2.39. The molecule has 2 rings (SSSR count). The van der Waals surface area contributed by atoms with Crippen LogP contribution in [-0.4, -0.2) is 15.7 Å². The lowest BCUT2D eigenvalue weighted by Crippen LogP contribution is -2.44. The highest BCUT2D eigenvalue weighted by Crippen LogP contribution is 2.39. The summed E-state index contributed by atoms with van der Waals surface area (Å²) in [5.41, 5.74) is 0.694. The summed E-state index contributed by atoms with van der Waals surface area (Å²) in [7, 11) is 0. The van der Waals surface area contributed by atoms with E-state index in [4.69, 9.17) is 0 Å². The van der Waals surface area contributed by atoms with Crippen molar-refractivity contribution in [1.82, 2.24) is 4.98 Å². The Morgan fingerprint density at radius 1 is 1.62 bits per heavy atom. The van der Waals surface area contributed by atoms with Crippen molar-refractivity contribution >= 4 is 0 Å². The van der Waals surface area contributed by atoms with Gasteiger partial charge in [0.25, 0.3) is 0 Å². The molecule has 2 heteroatoms. The van der Waals surface area contributed by atoms with Gasteiger partial charge in [-0.3, -0.25) is 4.98 Å². The third-order valence-corrected chi connectivity index (χ3v) is 2.71. The normalized spacial score (nSPS) is 32.6. The number of nitrogens with zero attached hydrogens (tertiary/aromatic N) is 1. The van der Waals surface area contributed by atoms with Gasteiger partial charge in [0.15, 0.2) is 0 Å². The van der Waals surface area contributed by atoms with Gasteiger partial charge in [-0.2, -0.15) is 0 Å². The molecule has 0 radical (unpaired) electrons. The number of aliphatic hydroxyl groups is 1. The van der Waals surface area contributed by atoms with Crippen LogP contribution in [0, 0.1) is 5.92 Å². The summed E-state index contributed by atoms with van der Waals surface area (Å²) in [6, 6.07) is 3.94. The van der Waals surface area contributed by atoms with Crippen molar-refractivity contribution in [2.45, 2.75) is 31.8 Å². The summed E-state index contributed by atoms with van der Waals surface area (Å²) < 4.78 is 0. The molecule has 0 saturated heterocycles. The van der Waals surface area contributed by atoms with E-state index in [1.807, 2.05) is 18.3 Å². The molecule has 2 nitrogen and oxygen atoms in total. The SMILES string of the molecule is CC1CC(O)(Cc2cccnc2)C1. The molecule has 1 aromatic rings. The van der Waals surface area contributed by atoms with Crippen molar-refractivity contribution in [3.63, 3.8) is 0 Å². The van der Waals surface area contributed by atoms with Crippen LogP contribution in [-0.2, 0) is 6.42 Å². The first-order valence-corrected chi connectivity index (χ1v) is 4.79. The van der Waals surface area contributed by atoms with E-state index in [1.165, 1.54) is 0 Å². The average molecular weight is 177 g/mol. The molecule has 0 bridgehead atoms. The van der Waals surface area contributed by atoms with Crippen molar-refractivity contribution in [2.24, 2.45) is 5.92 Å². The lowest BCUT2D eigenvalue weighted by atomic mass is 9.69. The molecule has 0 amide bonds. The molecule has 13 heavy (non-hydrogen) atoms. The fourth-order valence-electron chi connectivity index (χ4n) is 2.26. The molecule has 1 saturated carbocycles. The van der Waals surface area contributed by atoms with Crippen molar-refractivity contribution in [3.05, 3.63) is 30.1 Å². The van der Waals surface area contributed by atoms with Gasteiger partial charge >= 0.3 is 0 Å². The van der Waals surface area contributed by atoms with E-state index in [9.17, 15) is 5.11 Å². The molecule has 70 valence electrons. The molecule has 0 atom stereocenters. The Labute approximate surface area is 78.6 Å². The summed E-state index contributed by atoms with van der Waals surface area (Å²) in [4.78, 5) is 4.04. The van der Waals surface area contributed by atoms with Gasteiger partial charge in [-0.05, 0) is 30.4 Å². The van der Waals surface area contributed by atoms with Gasteiger partial charge in [0.2, 0.25) is 0 Å². The van der Waals surface area contributed by atoms with Crippen LogP contribution in [0.2, 0.25) is 0 Å². The van der Waals surface area contributed by atoms with Crippen molar-refractivity contribution < 1.29 is 5.11 Å². The van der Waals surface area contributed by atoms with Crippen LogP contribution in [0.1, 0.15) is 25.3 Å². The lowest BCUT2D eigenvalue weighted by molar-refractivity contribution is -0.0666. The van der Waals surface area contributed by atoms with Crippen LogP contribution in [0.5, 0.6) is 0 Å². The Bertz CT molecular complexity index is 277. The van der Waals surface area contributed by atoms with E-state index in [1.54, 1.807) is 6.20 Å². The van der Waals surface area contributed by atoms with Crippen LogP contribution in [0.15, 0.2) is 24.5 Å². The fraction of sp³-hybridized carbons (Fsp3) is 0.545. The second-order valence-electron chi connectivity index (χ2n) is 4.28. The van der Waals surface area contributed by atoms with Crippen LogP contribution in [0.4, 0.5) is 0 Å². The van der Waals surface area contributed by atoms with Crippen molar-refractivity contribution in [1.29, 1.82) is 0 Å². The largest absolute Gasteiger partial charge is 0.390 e. The first-order chi connectivity index (χ1) is 6.18. The van der Waals surface area contributed by atoms with Crippen LogP contribution in [0.25, 0.3) is 0 Å². The van der Waals surface area contributed by atoms with Gasteiger partial charge in [-0.15, -0.1) is 0 Å². The van der Waals surface area contributed by atoms with E-state index >= 15 is 0 Å². The molecule has 0 aliphatic heterocycles. The minimum Gasteiger partial charge on any atom is -0.390 e. The Morgan fingerprint density at radius 2 is 2.38 bits per heavy atom. The summed E-state index contributed by atoms with van der Waals surface area (Å²) in [5, 5.41) is 10.0. The van der Waals surface area contributed by atoms with Gasteiger partial charge in [-0.1, -0.05) is 13.0 Å². The molecule has 1 aromatic heterocycles. The first-order valence-electron chi connectivity index (χ1n) is 4.79. The fourth-order valence-corrected chi connectivity index (χ4v) is 2.26. The van der Waals surface area contributed by atoms with Crippen molar-refractivity contribution in [3.8, 4) is 0 Å². The average Bonchev–Trinajstić information content (AvgIpc) is 2.03. The molecule has 0 unspecified atom stereocenters. The molecule has 1 aliphatic carbocycles. The Morgan fingerprint density at radius 3 is 2.92 bits per heavy atom. The molecule has 1 fully saturated rings. The number of rotatable bonds is 2. The maximum absolute atomic E-state index is 10.0. The van der Waals surface area contributed by atoms with Gasteiger partial charge in [-0.25, -0.2) is 0 Å². The second kappa shape index (κ2) is 3.11. The molecule has 1 N–H and O–H groups in total. The Kier molecular flexibility index (Phi) is 2.08. The predicted molar refractivity (Wildman–Crippen MR) is 51.3 cm³/mol. The first kappa shape index (κ1) is 8.70. The van der Waals surface area contributed by atoms with E-state index in [-0.39, 0.29) is 0 Å². The van der Waals surface area contributed by atoms with Gasteiger partial charge in [0, 0.05) is 18.8 Å². The highest BCUT2D eigenvalue weighted by atomic mass is 16.3. The minimum atomic E-state index is -0.442. The van der Waals surface area contributed by atoms with Crippen LogP contribution in [0.3, 0.4) is 0 Å². The van der Waals surface area contributed by atoms with Gasteiger partial charge in [0.1, 0.15) is 0 Å². The van der Waals surface area contributed by atoms with Crippen LogP contribution < -0.4 is 0 Å². The lowest BCUT2D eigenvalue weighted by Gasteiger charge is -2.42. The summed E-state index contributed by atoms with van der Waals surface area (Å²) >= 11 is 0. The topological polar surface area (TPSA) is 33.1 Å². The molecular weight excluding hydrogens is 162 g/mol. The monoisotopic (exact) mass is 177 g/mol. The van der Waals surface area contributed by atoms with Gasteiger partial charge in [0.05, 0.1) is 5.60 Å². The van der Waals surface area contributed by atoms with Gasteiger partial charge < -0.3 is 5.11 Å². The number of pyridine rings is 1. The summed E-state index contributed by atoms with van der Waals surface area (Å²) in [6.07, 6.45) is 6.22. The molecule has 0 aromatic carbocycles. The second-order valence-corrected chi connectivity index (χ2v) is 4.28. The third kappa shape index (κ3) is 1.89. The Balaban J connectivity index is 1.99. The number of hydrogen-bond acceptors (Lipinski definition) is 2. The molecule has 0 spiro atoms. The van der Waals surface area contributed by atoms with E-state index in [0.29, 0.717) is 5.92 Å². The Hall–Kier alpha value is -0.890. The van der Waals surface area contributed by atoms with Crippen molar-refractivity contribution in [2.75, 3.05) is 0 Å². The standard InChI is InChI=1S/C11H15NO/c1-9-5-11(13,6-9)7-10-3-2-4-12-8-10/h2-4,8-9,13H,5-7H2,1H3. The quantitative estimate of drug-likeness (QED) is 0.747. The maximum Gasteiger partial charge on any atom is 0.0693 e. The molecule has 1 aliphatic rings. The summed E-state index contributed by atoms with van der Waals surface area (Å²) in [6.45, 7) is 2.18. The zero-order valence-electron chi connectivity index (χ0n) is 7.90. The number of aromatic nitrogens is 1. The highest BCUT2D eigenvalue weighted by molar-refractivity contribution is 5.13. The van der Waals surface area contributed by atoms with Crippen LogP contribution >= 0.6 is 0 Å². The smallest absolute Gasteiger partial charge is 0.0693 e. The zero-order chi connectivity index (χ0) is 9.31. The van der Waals surface area contributed by atoms with E-state index < -0.39 is 5.60 Å². The molecule has 1 heterocycles.